The second-order valence-electron chi connectivity index (χ2n) is 7.80. The molecule has 27 heavy (non-hydrogen) atoms. The Labute approximate surface area is 159 Å². The van der Waals surface area contributed by atoms with Gasteiger partial charge in [0.1, 0.15) is 6.61 Å². The van der Waals surface area contributed by atoms with Gasteiger partial charge < -0.3 is 14.0 Å². The quantitative estimate of drug-likeness (QED) is 0.456. The van der Waals surface area contributed by atoms with Crippen LogP contribution in [0.1, 0.15) is 38.8 Å². The van der Waals surface area contributed by atoms with Gasteiger partial charge in [0.2, 0.25) is 0 Å². The molecule has 1 saturated heterocycles. The van der Waals surface area contributed by atoms with Gasteiger partial charge in [0.25, 0.3) is 0 Å². The first-order valence-corrected chi connectivity index (χ1v) is 8.92. The Balaban J connectivity index is 1.70. The Morgan fingerprint density at radius 2 is 1.63 bits per heavy atom. The number of nitrogens with zero attached hydrogens (tertiary/aromatic N) is 1. The second-order valence-corrected chi connectivity index (χ2v) is 7.80. The number of hydrogen-bond donors (Lipinski definition) is 0. The number of benzene rings is 2. The summed E-state index contributed by atoms with van der Waals surface area (Å²) in [5.74, 6) is 0.303. The summed E-state index contributed by atoms with van der Waals surface area (Å²) in [5.41, 5.74) is 1.78. The van der Waals surface area contributed by atoms with E-state index in [0.29, 0.717) is 5.75 Å². The second kappa shape index (κ2) is 6.98. The van der Waals surface area contributed by atoms with E-state index in [-0.39, 0.29) is 23.5 Å². The fourth-order valence-corrected chi connectivity index (χ4v) is 2.87. The fraction of sp³-hybridized carbons (Fsp3) is 0.400. The number of nitro benzene ring substituents is 1. The van der Waals surface area contributed by atoms with E-state index in [1.807, 2.05) is 52.0 Å². The molecule has 0 saturated carbocycles. The van der Waals surface area contributed by atoms with Crippen LogP contribution in [0, 0.1) is 17.0 Å². The van der Waals surface area contributed by atoms with E-state index >= 15 is 0 Å². The van der Waals surface area contributed by atoms with E-state index in [4.69, 9.17) is 14.0 Å². The van der Waals surface area contributed by atoms with Gasteiger partial charge in [-0.1, -0.05) is 36.4 Å². The summed E-state index contributed by atoms with van der Waals surface area (Å²) in [7, 11) is -0.414. The smallest absolute Gasteiger partial charge is 0.482 e. The number of aryl methyl sites for hydroxylation is 1. The van der Waals surface area contributed by atoms with Crippen LogP contribution < -0.4 is 10.2 Å². The van der Waals surface area contributed by atoms with Crippen molar-refractivity contribution in [1.82, 2.24) is 0 Å². The summed E-state index contributed by atoms with van der Waals surface area (Å²) in [5, 5.41) is 11.2. The summed E-state index contributed by atoms with van der Waals surface area (Å²) >= 11 is 0. The first-order valence-electron chi connectivity index (χ1n) is 8.92. The van der Waals surface area contributed by atoms with Gasteiger partial charge in [0.05, 0.1) is 16.1 Å². The predicted molar refractivity (Wildman–Crippen MR) is 104 cm³/mol. The van der Waals surface area contributed by atoms with Crippen LogP contribution in [0.2, 0.25) is 0 Å². The molecule has 0 spiro atoms. The van der Waals surface area contributed by atoms with Crippen molar-refractivity contribution in [2.24, 2.45) is 0 Å². The summed E-state index contributed by atoms with van der Waals surface area (Å²) in [4.78, 5) is 10.8. The van der Waals surface area contributed by atoms with Crippen LogP contribution >= 0.6 is 0 Å². The molecule has 0 amide bonds. The van der Waals surface area contributed by atoms with Crippen LogP contribution in [0.15, 0.2) is 42.5 Å². The van der Waals surface area contributed by atoms with Crippen LogP contribution in [0.25, 0.3) is 0 Å². The van der Waals surface area contributed by atoms with Crippen LogP contribution in [-0.4, -0.2) is 23.2 Å². The molecule has 0 atom stereocenters. The maximum Gasteiger partial charge on any atom is 0.494 e. The van der Waals surface area contributed by atoms with E-state index in [1.165, 1.54) is 6.07 Å². The van der Waals surface area contributed by atoms with E-state index in [2.05, 4.69) is 0 Å². The van der Waals surface area contributed by atoms with Crippen LogP contribution in [0.4, 0.5) is 5.69 Å². The van der Waals surface area contributed by atoms with Gasteiger partial charge in [-0.3, -0.25) is 10.1 Å². The lowest BCUT2D eigenvalue weighted by Gasteiger charge is -2.32. The molecular weight excluding hydrogens is 345 g/mol. The van der Waals surface area contributed by atoms with Gasteiger partial charge in [0, 0.05) is 6.07 Å². The first kappa shape index (κ1) is 19.4. The third-order valence-corrected chi connectivity index (χ3v) is 5.28. The lowest BCUT2D eigenvalue weighted by molar-refractivity contribution is -0.386. The van der Waals surface area contributed by atoms with Gasteiger partial charge in [-0.05, 0) is 51.2 Å². The molecule has 2 aromatic carbocycles. The highest BCUT2D eigenvalue weighted by Gasteiger charge is 2.51. The monoisotopic (exact) mass is 369 g/mol. The number of para-hydroxylation sites is 1. The third-order valence-electron chi connectivity index (χ3n) is 5.28. The van der Waals surface area contributed by atoms with E-state index < -0.39 is 12.0 Å². The summed E-state index contributed by atoms with van der Waals surface area (Å²) < 4.78 is 17.8. The molecule has 2 aromatic rings. The highest BCUT2D eigenvalue weighted by atomic mass is 16.7. The molecule has 1 aliphatic heterocycles. The normalized spacial score (nSPS) is 17.7. The molecule has 1 heterocycles. The summed E-state index contributed by atoms with van der Waals surface area (Å²) in [6, 6.07) is 12.6. The molecule has 0 bridgehead atoms. The van der Waals surface area contributed by atoms with Crippen molar-refractivity contribution in [1.29, 1.82) is 0 Å². The SMILES string of the molecule is Cc1cccc([N+](=O)[O-])c1OCc1ccc(B2OC(C)(C)C(C)(C)O2)cc1. The van der Waals surface area contributed by atoms with Gasteiger partial charge in [-0.2, -0.15) is 0 Å². The van der Waals surface area contributed by atoms with Crippen LogP contribution in [0.5, 0.6) is 5.75 Å². The molecule has 0 aliphatic carbocycles. The molecular formula is C20H24BNO5. The maximum absolute atomic E-state index is 11.2. The number of ether oxygens (including phenoxy) is 1. The van der Waals surface area contributed by atoms with Gasteiger partial charge in [-0.15, -0.1) is 0 Å². The largest absolute Gasteiger partial charge is 0.494 e. The molecule has 1 fully saturated rings. The Morgan fingerprint density at radius 3 is 2.19 bits per heavy atom. The number of nitro groups is 1. The zero-order chi connectivity index (χ0) is 19.8. The lowest BCUT2D eigenvalue weighted by atomic mass is 9.79. The zero-order valence-corrected chi connectivity index (χ0v) is 16.3. The van der Waals surface area contributed by atoms with Crippen LogP contribution in [-0.2, 0) is 15.9 Å². The minimum Gasteiger partial charge on any atom is -0.482 e. The van der Waals surface area contributed by atoms with Crippen molar-refractivity contribution in [3.05, 3.63) is 63.7 Å². The Hall–Kier alpha value is -2.38. The highest BCUT2D eigenvalue weighted by molar-refractivity contribution is 6.62. The predicted octanol–water partition coefficient (Wildman–Crippen LogP) is 3.78. The Morgan fingerprint density at radius 1 is 1.04 bits per heavy atom. The van der Waals surface area contributed by atoms with Crippen LogP contribution in [0.3, 0.4) is 0 Å². The molecule has 7 heteroatoms. The van der Waals surface area contributed by atoms with E-state index in [9.17, 15) is 10.1 Å². The standard InChI is InChI=1S/C20H24BNO5/c1-14-7-6-8-17(22(23)24)18(14)25-13-15-9-11-16(12-10-15)21-26-19(2,3)20(4,5)27-21/h6-12H,13H2,1-5H3. The topological polar surface area (TPSA) is 70.8 Å². The highest BCUT2D eigenvalue weighted by Crippen LogP contribution is 2.36. The molecule has 142 valence electrons. The zero-order valence-electron chi connectivity index (χ0n) is 16.3. The van der Waals surface area contributed by atoms with Crippen molar-refractivity contribution in [2.45, 2.75) is 52.4 Å². The van der Waals surface area contributed by atoms with Crippen molar-refractivity contribution in [2.75, 3.05) is 0 Å². The van der Waals surface area contributed by atoms with E-state index in [1.54, 1.807) is 19.1 Å². The molecule has 6 nitrogen and oxygen atoms in total. The molecule has 1 aliphatic rings. The molecule has 3 rings (SSSR count). The Kier molecular flexibility index (Phi) is 5.01. The lowest BCUT2D eigenvalue weighted by Crippen LogP contribution is -2.41. The molecule has 0 N–H and O–H groups in total. The average molecular weight is 369 g/mol. The van der Waals surface area contributed by atoms with Gasteiger partial charge >= 0.3 is 12.8 Å². The summed E-state index contributed by atoms with van der Waals surface area (Å²) in [6.45, 7) is 10.1. The van der Waals surface area contributed by atoms with E-state index in [0.717, 1.165) is 16.6 Å². The van der Waals surface area contributed by atoms with Crippen molar-refractivity contribution < 1.29 is 19.0 Å². The first-order chi connectivity index (χ1) is 12.6. The molecule has 0 radical (unpaired) electrons. The number of rotatable bonds is 5. The summed E-state index contributed by atoms with van der Waals surface area (Å²) in [6.07, 6.45) is 0. The number of hydrogen-bond acceptors (Lipinski definition) is 5. The van der Waals surface area contributed by atoms with Crippen molar-refractivity contribution >= 4 is 18.3 Å². The van der Waals surface area contributed by atoms with Gasteiger partial charge in [0.15, 0.2) is 5.75 Å². The maximum atomic E-state index is 11.2. The van der Waals surface area contributed by atoms with Gasteiger partial charge in [-0.25, -0.2) is 0 Å². The Bertz CT molecular complexity index is 832. The fourth-order valence-electron chi connectivity index (χ4n) is 2.87. The minimum atomic E-state index is -0.427. The third kappa shape index (κ3) is 3.84. The van der Waals surface area contributed by atoms with Crippen molar-refractivity contribution in [3.8, 4) is 5.75 Å². The molecule has 0 unspecified atom stereocenters. The molecule has 0 aromatic heterocycles. The van der Waals surface area contributed by atoms with Crippen molar-refractivity contribution in [3.63, 3.8) is 0 Å². The minimum absolute atomic E-state index is 0.0242. The average Bonchev–Trinajstić information content (AvgIpc) is 2.81.